The van der Waals surface area contributed by atoms with Crippen molar-refractivity contribution in [2.75, 3.05) is 27.3 Å². The molecule has 0 aliphatic heterocycles. The number of ether oxygens (including phenoxy) is 2. The highest BCUT2D eigenvalue weighted by atomic mass is 16.5. The molecule has 0 aromatic heterocycles. The van der Waals surface area contributed by atoms with E-state index in [9.17, 15) is 4.79 Å². The summed E-state index contributed by atoms with van der Waals surface area (Å²) in [5.41, 5.74) is 6.11. The number of nitrogens with one attached hydrogen (secondary N) is 1. The Morgan fingerprint density at radius 1 is 1.38 bits per heavy atom. The normalized spacial score (nSPS) is 10.5. The van der Waals surface area contributed by atoms with Crippen molar-refractivity contribution in [1.82, 2.24) is 5.32 Å². The van der Waals surface area contributed by atoms with Gasteiger partial charge in [-0.15, -0.1) is 0 Å². The molecule has 1 aromatic rings. The summed E-state index contributed by atoms with van der Waals surface area (Å²) in [4.78, 5) is 12.2. The van der Waals surface area contributed by atoms with Gasteiger partial charge < -0.3 is 20.5 Å². The van der Waals surface area contributed by atoms with Gasteiger partial charge in [0.1, 0.15) is 5.75 Å². The molecule has 0 bridgehead atoms. The molecule has 3 N–H and O–H groups in total. The lowest BCUT2D eigenvalue weighted by Gasteiger charge is -2.23. The topological polar surface area (TPSA) is 73.6 Å². The molecule has 0 saturated heterocycles. The molecule has 1 amide bonds. The van der Waals surface area contributed by atoms with E-state index in [2.05, 4.69) is 17.2 Å². The number of amides is 1. The molecular formula is C16H22N2O3. The molecule has 1 rings (SSSR count). The first-order chi connectivity index (χ1) is 9.93. The fraction of sp³-hybridized carbons (Fsp3) is 0.438. The summed E-state index contributed by atoms with van der Waals surface area (Å²) in [6.45, 7) is 4.47. The number of carbonyl (C=O) groups excluding carboxylic acids is 1. The number of carbonyl (C=O) groups is 1. The SMILES string of the molecule is COc1ccc(C(=O)NCC(C)(C)OC)cc1C#CCN. The summed E-state index contributed by atoms with van der Waals surface area (Å²) in [7, 11) is 3.17. The van der Waals surface area contributed by atoms with Gasteiger partial charge >= 0.3 is 0 Å². The zero-order chi connectivity index (χ0) is 15.9. The van der Waals surface area contributed by atoms with Gasteiger partial charge in [0.2, 0.25) is 0 Å². The van der Waals surface area contributed by atoms with Crippen LogP contribution in [-0.2, 0) is 4.74 Å². The van der Waals surface area contributed by atoms with Crippen molar-refractivity contribution in [3.05, 3.63) is 29.3 Å². The van der Waals surface area contributed by atoms with Crippen LogP contribution in [-0.4, -0.2) is 38.8 Å². The van der Waals surface area contributed by atoms with Crippen molar-refractivity contribution in [2.45, 2.75) is 19.4 Å². The highest BCUT2D eigenvalue weighted by molar-refractivity contribution is 5.94. The van der Waals surface area contributed by atoms with Gasteiger partial charge in [-0.1, -0.05) is 11.8 Å². The summed E-state index contributed by atoms with van der Waals surface area (Å²) in [6, 6.07) is 5.11. The fourth-order valence-electron chi connectivity index (χ4n) is 1.56. The average Bonchev–Trinajstić information content (AvgIpc) is 2.50. The van der Waals surface area contributed by atoms with E-state index >= 15 is 0 Å². The second-order valence-electron chi connectivity index (χ2n) is 5.07. The highest BCUT2D eigenvalue weighted by Crippen LogP contribution is 2.19. The molecule has 5 nitrogen and oxygen atoms in total. The minimum atomic E-state index is -0.412. The Morgan fingerprint density at radius 3 is 2.67 bits per heavy atom. The number of rotatable bonds is 5. The summed E-state index contributed by atoms with van der Waals surface area (Å²) >= 11 is 0. The third-order valence-electron chi connectivity index (χ3n) is 3.01. The predicted molar refractivity (Wildman–Crippen MR) is 82.3 cm³/mol. The molecule has 0 spiro atoms. The van der Waals surface area contributed by atoms with Gasteiger partial charge in [0.05, 0.1) is 24.8 Å². The smallest absolute Gasteiger partial charge is 0.251 e. The number of hydrogen-bond acceptors (Lipinski definition) is 4. The quantitative estimate of drug-likeness (QED) is 0.798. The van der Waals surface area contributed by atoms with Crippen molar-refractivity contribution in [2.24, 2.45) is 5.73 Å². The lowest BCUT2D eigenvalue weighted by molar-refractivity contribution is 0.0229. The van der Waals surface area contributed by atoms with Crippen LogP contribution in [0.15, 0.2) is 18.2 Å². The van der Waals surface area contributed by atoms with E-state index in [1.54, 1.807) is 32.4 Å². The highest BCUT2D eigenvalue weighted by Gasteiger charge is 2.18. The van der Waals surface area contributed by atoms with Gasteiger partial charge in [-0.3, -0.25) is 4.79 Å². The van der Waals surface area contributed by atoms with Crippen molar-refractivity contribution in [3.8, 4) is 17.6 Å². The lowest BCUT2D eigenvalue weighted by atomic mass is 10.1. The molecule has 0 unspecified atom stereocenters. The number of nitrogens with two attached hydrogens (primary N) is 1. The van der Waals surface area contributed by atoms with Crippen molar-refractivity contribution >= 4 is 5.91 Å². The second kappa shape index (κ2) is 7.67. The summed E-state index contributed by atoms with van der Waals surface area (Å²) in [5.74, 6) is 6.09. The van der Waals surface area contributed by atoms with Crippen LogP contribution in [0.25, 0.3) is 0 Å². The van der Waals surface area contributed by atoms with Crippen LogP contribution in [0.5, 0.6) is 5.75 Å². The molecule has 0 aliphatic carbocycles. The van der Waals surface area contributed by atoms with Crippen LogP contribution in [0.4, 0.5) is 0 Å². The van der Waals surface area contributed by atoms with E-state index in [0.717, 1.165) is 0 Å². The molecule has 0 fully saturated rings. The van der Waals surface area contributed by atoms with Gasteiger partial charge in [0.15, 0.2) is 0 Å². The standard InChI is InChI=1S/C16H22N2O3/c1-16(2,21-4)11-18-15(19)13-7-8-14(20-3)12(10-13)6-5-9-17/h7-8,10H,9,11,17H2,1-4H3,(H,18,19). The fourth-order valence-corrected chi connectivity index (χ4v) is 1.56. The first-order valence-corrected chi connectivity index (χ1v) is 6.64. The zero-order valence-corrected chi connectivity index (χ0v) is 12.9. The molecule has 0 aliphatic rings. The van der Waals surface area contributed by atoms with E-state index in [0.29, 0.717) is 23.4 Å². The third kappa shape index (κ3) is 5.10. The van der Waals surface area contributed by atoms with Crippen LogP contribution in [0.2, 0.25) is 0 Å². The van der Waals surface area contributed by atoms with E-state index in [1.807, 2.05) is 13.8 Å². The molecule has 5 heteroatoms. The van der Waals surface area contributed by atoms with Gasteiger partial charge in [-0.25, -0.2) is 0 Å². The van der Waals surface area contributed by atoms with E-state index in [1.165, 1.54) is 0 Å². The van der Waals surface area contributed by atoms with Crippen LogP contribution >= 0.6 is 0 Å². The Labute approximate surface area is 125 Å². The Hall–Kier alpha value is -2.03. The summed E-state index contributed by atoms with van der Waals surface area (Å²) in [5, 5.41) is 2.83. The molecule has 1 aromatic carbocycles. The minimum Gasteiger partial charge on any atom is -0.495 e. The van der Waals surface area contributed by atoms with E-state index in [-0.39, 0.29) is 12.5 Å². The van der Waals surface area contributed by atoms with E-state index in [4.69, 9.17) is 15.2 Å². The molecule has 114 valence electrons. The zero-order valence-electron chi connectivity index (χ0n) is 12.9. The number of benzene rings is 1. The van der Waals surface area contributed by atoms with Gasteiger partial charge in [0, 0.05) is 19.2 Å². The Morgan fingerprint density at radius 2 is 2.10 bits per heavy atom. The van der Waals surface area contributed by atoms with Crippen LogP contribution in [0.1, 0.15) is 29.8 Å². The minimum absolute atomic E-state index is 0.182. The number of methoxy groups -OCH3 is 2. The first-order valence-electron chi connectivity index (χ1n) is 6.64. The molecule has 0 radical (unpaired) electrons. The van der Waals surface area contributed by atoms with Crippen LogP contribution < -0.4 is 15.8 Å². The van der Waals surface area contributed by atoms with Gasteiger partial charge in [0.25, 0.3) is 5.91 Å². The first kappa shape index (κ1) is 17.0. The van der Waals surface area contributed by atoms with Gasteiger partial charge in [-0.2, -0.15) is 0 Å². The van der Waals surface area contributed by atoms with Crippen LogP contribution in [0, 0.1) is 11.8 Å². The summed E-state index contributed by atoms with van der Waals surface area (Å²) in [6.07, 6.45) is 0. The predicted octanol–water partition coefficient (Wildman–Crippen LogP) is 1.16. The average molecular weight is 290 g/mol. The maximum atomic E-state index is 12.2. The van der Waals surface area contributed by atoms with Crippen LogP contribution in [0.3, 0.4) is 0 Å². The molecule has 21 heavy (non-hydrogen) atoms. The van der Waals surface area contributed by atoms with Crippen molar-refractivity contribution < 1.29 is 14.3 Å². The monoisotopic (exact) mass is 290 g/mol. The maximum Gasteiger partial charge on any atom is 0.251 e. The summed E-state index contributed by atoms with van der Waals surface area (Å²) < 4.78 is 10.5. The molecular weight excluding hydrogens is 268 g/mol. The lowest BCUT2D eigenvalue weighted by Crippen LogP contribution is -2.39. The maximum absolute atomic E-state index is 12.2. The molecule has 0 saturated carbocycles. The van der Waals surface area contributed by atoms with Crippen molar-refractivity contribution in [3.63, 3.8) is 0 Å². The number of hydrogen-bond donors (Lipinski definition) is 2. The Balaban J connectivity index is 2.90. The second-order valence-corrected chi connectivity index (χ2v) is 5.07. The van der Waals surface area contributed by atoms with Gasteiger partial charge in [-0.05, 0) is 32.0 Å². The van der Waals surface area contributed by atoms with Crippen molar-refractivity contribution in [1.29, 1.82) is 0 Å². The molecule has 0 heterocycles. The molecule has 0 atom stereocenters. The third-order valence-corrected chi connectivity index (χ3v) is 3.01. The Bertz CT molecular complexity index is 556. The Kier molecular flexibility index (Phi) is 6.22. The largest absolute Gasteiger partial charge is 0.495 e. The van der Waals surface area contributed by atoms with E-state index < -0.39 is 5.60 Å².